The summed E-state index contributed by atoms with van der Waals surface area (Å²) in [4.78, 5) is 25.8. The Bertz CT molecular complexity index is 1220. The Kier molecular flexibility index (Phi) is 5.44. The summed E-state index contributed by atoms with van der Waals surface area (Å²) in [6.07, 6.45) is 0.182. The van der Waals surface area contributed by atoms with Gasteiger partial charge in [0.15, 0.2) is 0 Å². The van der Waals surface area contributed by atoms with Crippen molar-refractivity contribution < 1.29 is 18.7 Å². The maximum atomic E-state index is 13.3. The van der Waals surface area contributed by atoms with Crippen LogP contribution in [-0.4, -0.2) is 29.1 Å². The summed E-state index contributed by atoms with van der Waals surface area (Å²) in [5, 5.41) is 13.0. The molecule has 0 saturated heterocycles. The van der Waals surface area contributed by atoms with Crippen molar-refractivity contribution in [3.05, 3.63) is 70.9 Å². The molecule has 0 fully saturated rings. The average molecular weight is 424 g/mol. The first kappa shape index (κ1) is 19.6. The van der Waals surface area contributed by atoms with Gasteiger partial charge in [-0.25, -0.2) is 4.39 Å². The minimum Gasteiger partial charge on any atom is -0.497 e. The monoisotopic (exact) mass is 424 g/mol. The van der Waals surface area contributed by atoms with E-state index in [2.05, 4.69) is 20.8 Å². The average Bonchev–Trinajstić information content (AvgIpc) is 3.31. The lowest BCUT2D eigenvalue weighted by molar-refractivity contribution is -0.115. The van der Waals surface area contributed by atoms with Gasteiger partial charge in [0.1, 0.15) is 22.2 Å². The number of aromatic amines is 1. The van der Waals surface area contributed by atoms with Gasteiger partial charge in [0.05, 0.1) is 23.8 Å². The molecular formula is C21H17FN4O3S. The molecule has 0 spiro atoms. The van der Waals surface area contributed by atoms with Crippen molar-refractivity contribution in [2.45, 2.75) is 6.42 Å². The van der Waals surface area contributed by atoms with Crippen LogP contribution in [0.25, 0.3) is 10.2 Å². The van der Waals surface area contributed by atoms with Crippen molar-refractivity contribution in [2.24, 2.45) is 0 Å². The highest BCUT2D eigenvalue weighted by atomic mass is 32.1. The van der Waals surface area contributed by atoms with Gasteiger partial charge in [0.2, 0.25) is 5.91 Å². The lowest BCUT2D eigenvalue weighted by atomic mass is 10.1. The van der Waals surface area contributed by atoms with E-state index >= 15 is 0 Å². The quantitative estimate of drug-likeness (QED) is 0.432. The molecule has 0 saturated carbocycles. The number of rotatable bonds is 6. The van der Waals surface area contributed by atoms with E-state index in [1.807, 2.05) is 12.1 Å². The molecule has 0 atom stereocenters. The van der Waals surface area contributed by atoms with Gasteiger partial charge in [-0.2, -0.15) is 5.10 Å². The van der Waals surface area contributed by atoms with Crippen molar-refractivity contribution in [3.63, 3.8) is 0 Å². The number of hydrogen-bond donors (Lipinski definition) is 3. The number of fused-ring (bicyclic) bond motifs is 1. The number of methoxy groups -OCH3 is 1. The summed E-state index contributed by atoms with van der Waals surface area (Å²) in [5.74, 6) is 0.110. The highest BCUT2D eigenvalue weighted by molar-refractivity contribution is 7.20. The zero-order valence-corrected chi connectivity index (χ0v) is 16.7. The normalized spacial score (nSPS) is 10.7. The van der Waals surface area contributed by atoms with Crippen LogP contribution in [0.4, 0.5) is 15.9 Å². The second kappa shape index (κ2) is 8.34. The highest BCUT2D eigenvalue weighted by Crippen LogP contribution is 2.30. The molecule has 0 aliphatic heterocycles. The van der Waals surface area contributed by atoms with E-state index in [-0.39, 0.29) is 18.2 Å². The molecule has 0 aliphatic carbocycles. The van der Waals surface area contributed by atoms with Crippen LogP contribution in [0.5, 0.6) is 5.75 Å². The zero-order chi connectivity index (χ0) is 21.1. The van der Waals surface area contributed by atoms with Gasteiger partial charge >= 0.3 is 0 Å². The standard InChI is InChI=1S/C21H17FN4O3S/c1-29-15-7-5-12(6-8-15)9-18(27)24-19-16-11-17(30-21(16)26-25-19)20(28)23-14-4-2-3-13(22)10-14/h2-8,10-11H,9H2,1H3,(H,23,28)(H2,24,25,26,27). The predicted octanol–water partition coefficient (Wildman–Crippen LogP) is 4.21. The Morgan fingerprint density at radius 2 is 1.93 bits per heavy atom. The topological polar surface area (TPSA) is 96.1 Å². The van der Waals surface area contributed by atoms with Gasteiger partial charge in [0, 0.05) is 5.69 Å². The molecular weight excluding hydrogens is 407 g/mol. The second-order valence-electron chi connectivity index (χ2n) is 6.47. The lowest BCUT2D eigenvalue weighted by Crippen LogP contribution is -2.15. The van der Waals surface area contributed by atoms with Crippen LogP contribution >= 0.6 is 11.3 Å². The second-order valence-corrected chi connectivity index (χ2v) is 7.50. The summed E-state index contributed by atoms with van der Waals surface area (Å²) >= 11 is 1.17. The highest BCUT2D eigenvalue weighted by Gasteiger charge is 2.17. The van der Waals surface area contributed by atoms with Crippen LogP contribution in [0, 0.1) is 5.82 Å². The number of anilines is 2. The van der Waals surface area contributed by atoms with E-state index in [1.54, 1.807) is 31.4 Å². The third kappa shape index (κ3) is 4.31. The number of carbonyl (C=O) groups is 2. The number of aromatic nitrogens is 2. The summed E-state index contributed by atoms with van der Waals surface area (Å²) in [6, 6.07) is 14.5. The molecule has 3 N–H and O–H groups in total. The maximum Gasteiger partial charge on any atom is 0.265 e. The Morgan fingerprint density at radius 3 is 2.67 bits per heavy atom. The number of halogens is 1. The Hall–Kier alpha value is -3.72. The van der Waals surface area contributed by atoms with Gasteiger partial charge in [-0.15, -0.1) is 11.3 Å². The van der Waals surface area contributed by atoms with Gasteiger partial charge in [-0.3, -0.25) is 14.7 Å². The summed E-state index contributed by atoms with van der Waals surface area (Å²) in [6.45, 7) is 0. The largest absolute Gasteiger partial charge is 0.497 e. The SMILES string of the molecule is COc1ccc(CC(=O)Nc2[nH]nc3sc(C(=O)Nc4cccc(F)c4)cc23)cc1. The van der Waals surface area contributed by atoms with Gasteiger partial charge in [0.25, 0.3) is 5.91 Å². The molecule has 2 aromatic carbocycles. The molecule has 4 rings (SSSR count). The fourth-order valence-corrected chi connectivity index (χ4v) is 3.78. The van der Waals surface area contributed by atoms with E-state index in [4.69, 9.17) is 4.74 Å². The van der Waals surface area contributed by atoms with Crippen LogP contribution in [0.1, 0.15) is 15.2 Å². The molecule has 0 aliphatic rings. The molecule has 2 heterocycles. The van der Waals surface area contributed by atoms with E-state index in [0.717, 1.165) is 11.3 Å². The van der Waals surface area contributed by atoms with Crippen LogP contribution in [-0.2, 0) is 11.2 Å². The Labute approximate surface area is 174 Å². The van der Waals surface area contributed by atoms with Gasteiger partial charge < -0.3 is 15.4 Å². The van der Waals surface area contributed by atoms with Crippen molar-refractivity contribution in [2.75, 3.05) is 17.7 Å². The van der Waals surface area contributed by atoms with E-state index in [0.29, 0.717) is 26.6 Å². The van der Waals surface area contributed by atoms with E-state index in [9.17, 15) is 14.0 Å². The number of nitrogens with one attached hydrogen (secondary N) is 3. The molecule has 0 unspecified atom stereocenters. The van der Waals surface area contributed by atoms with Gasteiger partial charge in [-0.05, 0) is 42.0 Å². The van der Waals surface area contributed by atoms with Crippen molar-refractivity contribution in [1.29, 1.82) is 0 Å². The Morgan fingerprint density at radius 1 is 1.13 bits per heavy atom. The molecule has 0 bridgehead atoms. The van der Waals surface area contributed by atoms with Crippen LogP contribution < -0.4 is 15.4 Å². The molecule has 9 heteroatoms. The Balaban J connectivity index is 1.45. The number of thiophene rings is 1. The fourth-order valence-electron chi connectivity index (χ4n) is 2.89. The van der Waals surface area contributed by atoms with Crippen molar-refractivity contribution >= 4 is 44.9 Å². The number of hydrogen-bond acceptors (Lipinski definition) is 5. The molecule has 30 heavy (non-hydrogen) atoms. The number of amides is 2. The first-order chi connectivity index (χ1) is 14.5. The van der Waals surface area contributed by atoms with Crippen LogP contribution in [0.2, 0.25) is 0 Å². The van der Waals surface area contributed by atoms with Crippen molar-refractivity contribution in [1.82, 2.24) is 10.2 Å². The van der Waals surface area contributed by atoms with Gasteiger partial charge in [-0.1, -0.05) is 18.2 Å². The van der Waals surface area contributed by atoms with Crippen molar-refractivity contribution in [3.8, 4) is 5.75 Å². The first-order valence-corrected chi connectivity index (χ1v) is 9.81. The van der Waals surface area contributed by atoms with E-state index < -0.39 is 5.82 Å². The number of ether oxygens (including phenoxy) is 1. The summed E-state index contributed by atoms with van der Waals surface area (Å²) in [5.41, 5.74) is 1.20. The number of nitrogens with zero attached hydrogens (tertiary/aromatic N) is 1. The fraction of sp³-hybridized carbons (Fsp3) is 0.0952. The number of carbonyl (C=O) groups excluding carboxylic acids is 2. The van der Waals surface area contributed by atoms with Crippen LogP contribution in [0.15, 0.2) is 54.6 Å². The zero-order valence-electron chi connectivity index (χ0n) is 15.9. The summed E-state index contributed by atoms with van der Waals surface area (Å²) in [7, 11) is 1.58. The first-order valence-electron chi connectivity index (χ1n) is 8.99. The smallest absolute Gasteiger partial charge is 0.265 e. The van der Waals surface area contributed by atoms with E-state index in [1.165, 1.54) is 29.5 Å². The van der Waals surface area contributed by atoms with Crippen LogP contribution in [0.3, 0.4) is 0 Å². The minimum absolute atomic E-state index is 0.182. The third-order valence-electron chi connectivity index (χ3n) is 4.35. The summed E-state index contributed by atoms with van der Waals surface area (Å²) < 4.78 is 18.4. The molecule has 4 aromatic rings. The molecule has 152 valence electrons. The minimum atomic E-state index is -0.434. The molecule has 7 nitrogen and oxygen atoms in total. The maximum absolute atomic E-state index is 13.3. The molecule has 2 aromatic heterocycles. The lowest BCUT2D eigenvalue weighted by Gasteiger charge is -2.05. The number of benzene rings is 2. The number of H-pyrrole nitrogens is 1. The predicted molar refractivity (Wildman–Crippen MR) is 114 cm³/mol. The molecule has 0 radical (unpaired) electrons. The third-order valence-corrected chi connectivity index (χ3v) is 5.37. The molecule has 2 amide bonds.